The van der Waals surface area contributed by atoms with Crippen LogP contribution in [0.25, 0.3) is 0 Å². The topological polar surface area (TPSA) is 71.5 Å². The molecule has 0 radical (unpaired) electrons. The molecule has 0 saturated carbocycles. The quantitative estimate of drug-likeness (QED) is 0.867. The van der Waals surface area contributed by atoms with Gasteiger partial charge in [-0.15, -0.1) is 0 Å². The Morgan fingerprint density at radius 3 is 2.87 bits per heavy atom. The van der Waals surface area contributed by atoms with Crippen molar-refractivity contribution in [3.63, 3.8) is 0 Å². The summed E-state index contributed by atoms with van der Waals surface area (Å²) in [5.41, 5.74) is 0.955. The molecule has 2 atom stereocenters. The van der Waals surface area contributed by atoms with Crippen LogP contribution in [0, 0.1) is 0 Å². The van der Waals surface area contributed by atoms with E-state index in [1.807, 2.05) is 31.1 Å². The van der Waals surface area contributed by atoms with Crippen LogP contribution in [-0.2, 0) is 11.3 Å². The molecular formula is C16H22N2O5. The van der Waals surface area contributed by atoms with E-state index in [0.29, 0.717) is 30.2 Å². The molecule has 0 spiro atoms. The molecule has 0 bridgehead atoms. The molecule has 2 heterocycles. The molecule has 0 aliphatic carbocycles. The van der Waals surface area contributed by atoms with Crippen molar-refractivity contribution in [3.8, 4) is 17.2 Å². The van der Waals surface area contributed by atoms with Crippen molar-refractivity contribution in [2.24, 2.45) is 0 Å². The minimum atomic E-state index is -0.776. The van der Waals surface area contributed by atoms with Crippen LogP contribution in [0.2, 0.25) is 0 Å². The van der Waals surface area contributed by atoms with E-state index in [4.69, 9.17) is 14.2 Å². The third kappa shape index (κ3) is 3.07. The van der Waals surface area contributed by atoms with Crippen molar-refractivity contribution in [2.45, 2.75) is 25.0 Å². The molecular weight excluding hydrogens is 300 g/mol. The Kier molecular flexibility index (Phi) is 4.32. The molecule has 0 amide bonds. The average Bonchev–Trinajstić information content (AvgIpc) is 3.12. The Labute approximate surface area is 135 Å². The second-order valence-corrected chi connectivity index (χ2v) is 6.17. The summed E-state index contributed by atoms with van der Waals surface area (Å²) >= 11 is 0. The molecule has 3 rings (SSSR count). The lowest BCUT2D eigenvalue weighted by Crippen LogP contribution is -2.35. The molecule has 1 fully saturated rings. The summed E-state index contributed by atoms with van der Waals surface area (Å²) in [6, 6.07) is 3.55. The Morgan fingerprint density at radius 1 is 1.43 bits per heavy atom. The first kappa shape index (κ1) is 15.9. The van der Waals surface area contributed by atoms with Gasteiger partial charge in [-0.3, -0.25) is 9.69 Å². The van der Waals surface area contributed by atoms with Crippen LogP contribution in [0.5, 0.6) is 17.2 Å². The first-order valence-electron chi connectivity index (χ1n) is 7.59. The predicted molar refractivity (Wildman–Crippen MR) is 83.0 cm³/mol. The zero-order valence-corrected chi connectivity index (χ0v) is 13.6. The zero-order chi connectivity index (χ0) is 16.6. The summed E-state index contributed by atoms with van der Waals surface area (Å²) in [6.45, 7) is 1.44. The van der Waals surface area contributed by atoms with E-state index in [2.05, 4.69) is 4.90 Å². The van der Waals surface area contributed by atoms with Crippen LogP contribution in [0.15, 0.2) is 12.1 Å². The molecule has 1 aromatic rings. The largest absolute Gasteiger partial charge is 0.493 e. The second kappa shape index (κ2) is 6.25. The predicted octanol–water partition coefficient (Wildman–Crippen LogP) is 1.01. The van der Waals surface area contributed by atoms with E-state index >= 15 is 0 Å². The van der Waals surface area contributed by atoms with Gasteiger partial charge in [0.05, 0.1) is 7.11 Å². The maximum atomic E-state index is 11.6. The highest BCUT2D eigenvalue weighted by atomic mass is 16.7. The van der Waals surface area contributed by atoms with E-state index in [0.717, 1.165) is 12.1 Å². The maximum absolute atomic E-state index is 11.6. The molecule has 0 aromatic heterocycles. The van der Waals surface area contributed by atoms with Crippen molar-refractivity contribution in [3.05, 3.63) is 17.7 Å². The number of methoxy groups -OCH3 is 1. The summed E-state index contributed by atoms with van der Waals surface area (Å²) in [4.78, 5) is 15.6. The Morgan fingerprint density at radius 2 is 2.22 bits per heavy atom. The summed E-state index contributed by atoms with van der Waals surface area (Å²) in [6.07, 6.45) is 0.629. The first-order valence-corrected chi connectivity index (χ1v) is 7.59. The number of aliphatic carboxylic acids is 1. The van der Waals surface area contributed by atoms with Crippen LogP contribution < -0.4 is 14.2 Å². The number of carboxylic acids is 1. The number of ether oxygens (including phenoxy) is 3. The number of rotatable bonds is 5. The Balaban J connectivity index is 1.82. The first-order chi connectivity index (χ1) is 11.0. The van der Waals surface area contributed by atoms with Gasteiger partial charge in [-0.2, -0.15) is 0 Å². The van der Waals surface area contributed by atoms with Gasteiger partial charge in [0.25, 0.3) is 0 Å². The van der Waals surface area contributed by atoms with Crippen LogP contribution in [0.4, 0.5) is 0 Å². The lowest BCUT2D eigenvalue weighted by atomic mass is 10.1. The summed E-state index contributed by atoms with van der Waals surface area (Å²) in [7, 11) is 5.55. The molecule has 2 aliphatic heterocycles. The van der Waals surface area contributed by atoms with Gasteiger partial charge >= 0.3 is 5.97 Å². The summed E-state index contributed by atoms with van der Waals surface area (Å²) in [5.74, 6) is 1.10. The van der Waals surface area contributed by atoms with E-state index < -0.39 is 12.0 Å². The number of carboxylic acid groups (broad SMARTS) is 1. The molecule has 7 heteroatoms. The lowest BCUT2D eigenvalue weighted by molar-refractivity contribution is -0.142. The molecule has 126 valence electrons. The number of likely N-dealkylation sites (N-methyl/N-ethyl adjacent to an activating group) is 1. The van der Waals surface area contributed by atoms with Crippen LogP contribution >= 0.6 is 0 Å². The van der Waals surface area contributed by atoms with Crippen molar-refractivity contribution < 1.29 is 24.1 Å². The molecule has 1 aromatic carbocycles. The Hall–Kier alpha value is -1.99. The summed E-state index contributed by atoms with van der Waals surface area (Å²) < 4.78 is 16.2. The van der Waals surface area contributed by atoms with E-state index in [-0.39, 0.29) is 12.8 Å². The van der Waals surface area contributed by atoms with Crippen LogP contribution in [0.1, 0.15) is 12.0 Å². The molecule has 23 heavy (non-hydrogen) atoms. The molecule has 0 unspecified atom stereocenters. The normalized spacial score (nSPS) is 23.5. The fourth-order valence-corrected chi connectivity index (χ4v) is 3.19. The van der Waals surface area contributed by atoms with E-state index in [9.17, 15) is 9.90 Å². The summed E-state index contributed by atoms with van der Waals surface area (Å²) in [5, 5.41) is 9.49. The lowest BCUT2D eigenvalue weighted by Gasteiger charge is -2.22. The van der Waals surface area contributed by atoms with E-state index in [1.54, 1.807) is 7.11 Å². The third-order valence-electron chi connectivity index (χ3n) is 4.50. The van der Waals surface area contributed by atoms with Gasteiger partial charge in [0.2, 0.25) is 12.5 Å². The SMILES string of the molecule is COc1cc(CN2C[C@H](N(C)C)C[C@H]2C(=O)O)cc2c1OCO2. The second-order valence-electron chi connectivity index (χ2n) is 6.17. The van der Waals surface area contributed by atoms with Crippen molar-refractivity contribution in [2.75, 3.05) is 34.5 Å². The van der Waals surface area contributed by atoms with E-state index in [1.165, 1.54) is 0 Å². The standard InChI is InChI=1S/C16H22N2O5/c1-17(2)11-6-12(16(19)20)18(8-11)7-10-4-13(21-3)15-14(5-10)22-9-23-15/h4-5,11-12H,6-9H2,1-3H3,(H,19,20)/t11-,12+/m1/s1. The highest BCUT2D eigenvalue weighted by molar-refractivity contribution is 5.74. The highest BCUT2D eigenvalue weighted by Crippen LogP contribution is 2.42. The number of likely N-dealkylation sites (tertiary alicyclic amines) is 1. The number of hydrogen-bond donors (Lipinski definition) is 1. The van der Waals surface area contributed by atoms with Crippen LogP contribution in [0.3, 0.4) is 0 Å². The number of fused-ring (bicyclic) bond motifs is 1. The van der Waals surface area contributed by atoms with Gasteiger partial charge < -0.3 is 24.2 Å². The monoisotopic (exact) mass is 322 g/mol. The highest BCUT2D eigenvalue weighted by Gasteiger charge is 2.37. The van der Waals surface area contributed by atoms with Crippen LogP contribution in [-0.4, -0.2) is 67.5 Å². The molecule has 1 N–H and O–H groups in total. The van der Waals surface area contributed by atoms with Crippen molar-refractivity contribution in [1.29, 1.82) is 0 Å². The minimum absolute atomic E-state index is 0.180. The number of carbonyl (C=O) groups is 1. The fraction of sp³-hybridized carbons (Fsp3) is 0.562. The molecule has 2 aliphatic rings. The molecule has 7 nitrogen and oxygen atoms in total. The van der Waals surface area contributed by atoms with Gasteiger partial charge in [-0.05, 0) is 38.2 Å². The Bertz CT molecular complexity index is 604. The number of nitrogens with zero attached hydrogens (tertiary/aromatic N) is 2. The van der Waals surface area contributed by atoms with Gasteiger partial charge in [0.1, 0.15) is 6.04 Å². The third-order valence-corrected chi connectivity index (χ3v) is 4.50. The van der Waals surface area contributed by atoms with Gasteiger partial charge in [0.15, 0.2) is 11.5 Å². The number of benzene rings is 1. The van der Waals surface area contributed by atoms with Gasteiger partial charge in [0, 0.05) is 19.1 Å². The van der Waals surface area contributed by atoms with Crippen molar-refractivity contribution >= 4 is 5.97 Å². The minimum Gasteiger partial charge on any atom is -0.493 e. The number of hydrogen-bond acceptors (Lipinski definition) is 6. The zero-order valence-electron chi connectivity index (χ0n) is 13.6. The average molecular weight is 322 g/mol. The smallest absolute Gasteiger partial charge is 0.320 e. The molecule has 1 saturated heterocycles. The van der Waals surface area contributed by atoms with Gasteiger partial charge in [-0.1, -0.05) is 0 Å². The fourth-order valence-electron chi connectivity index (χ4n) is 3.19. The van der Waals surface area contributed by atoms with Gasteiger partial charge in [-0.25, -0.2) is 0 Å². The van der Waals surface area contributed by atoms with Crippen molar-refractivity contribution in [1.82, 2.24) is 9.80 Å². The maximum Gasteiger partial charge on any atom is 0.320 e.